The lowest BCUT2D eigenvalue weighted by Crippen LogP contribution is -2.39. The lowest BCUT2D eigenvalue weighted by atomic mass is 9.87. The molecule has 0 spiro atoms. The number of esters is 1. The standard InChI is InChI=1S/C17H18O5S/c1-2-21-15(20)10-17(9-14(18)19)16-12(7-8-22-17)11-5-3-4-6-13(11)23-16/h3-6H,2,7-10H2,1H3,(H,18,19). The van der Waals surface area contributed by atoms with E-state index >= 15 is 0 Å². The third-order valence-corrected chi connectivity index (χ3v) is 5.41. The molecule has 0 amide bonds. The molecule has 0 aliphatic carbocycles. The van der Waals surface area contributed by atoms with E-state index in [0.29, 0.717) is 6.61 Å². The first-order valence-electron chi connectivity index (χ1n) is 7.58. The van der Waals surface area contributed by atoms with Gasteiger partial charge in [-0.15, -0.1) is 11.3 Å². The van der Waals surface area contributed by atoms with Gasteiger partial charge in [-0.2, -0.15) is 0 Å². The van der Waals surface area contributed by atoms with Crippen molar-refractivity contribution in [3.8, 4) is 0 Å². The Labute approximate surface area is 137 Å². The number of ether oxygens (including phenoxy) is 2. The van der Waals surface area contributed by atoms with Gasteiger partial charge in [0.05, 0.1) is 26.1 Å². The Bertz CT molecular complexity index is 751. The molecular formula is C17H18O5S. The Hall–Kier alpha value is -1.92. The molecule has 1 atom stereocenters. The monoisotopic (exact) mass is 334 g/mol. The number of thiophene rings is 1. The number of carbonyl (C=O) groups excluding carboxylic acids is 1. The van der Waals surface area contributed by atoms with Gasteiger partial charge in [-0.25, -0.2) is 0 Å². The summed E-state index contributed by atoms with van der Waals surface area (Å²) in [5.74, 6) is -1.42. The van der Waals surface area contributed by atoms with Crippen LogP contribution in [0, 0.1) is 0 Å². The molecule has 1 unspecified atom stereocenters. The zero-order valence-electron chi connectivity index (χ0n) is 12.8. The molecule has 5 nitrogen and oxygen atoms in total. The number of carbonyl (C=O) groups is 2. The van der Waals surface area contributed by atoms with E-state index < -0.39 is 17.5 Å². The third-order valence-electron chi connectivity index (χ3n) is 4.01. The Morgan fingerprint density at radius 2 is 2.13 bits per heavy atom. The van der Waals surface area contributed by atoms with Crippen LogP contribution in [0.1, 0.15) is 30.2 Å². The van der Waals surface area contributed by atoms with Gasteiger partial charge < -0.3 is 14.6 Å². The molecule has 0 fully saturated rings. The van der Waals surface area contributed by atoms with Crippen LogP contribution in [0.4, 0.5) is 0 Å². The summed E-state index contributed by atoms with van der Waals surface area (Å²) in [6.45, 7) is 2.40. The SMILES string of the molecule is CCOC(=O)CC1(CC(=O)O)OCCc2c1sc1ccccc21. The molecule has 2 aromatic rings. The van der Waals surface area contributed by atoms with E-state index in [1.54, 1.807) is 6.92 Å². The van der Waals surface area contributed by atoms with Crippen molar-refractivity contribution in [2.75, 3.05) is 13.2 Å². The summed E-state index contributed by atoms with van der Waals surface area (Å²) in [4.78, 5) is 24.3. The highest BCUT2D eigenvalue weighted by molar-refractivity contribution is 7.19. The molecule has 122 valence electrons. The number of hydrogen-bond donors (Lipinski definition) is 1. The zero-order valence-corrected chi connectivity index (χ0v) is 13.6. The maximum atomic E-state index is 12.0. The van der Waals surface area contributed by atoms with Crippen LogP contribution in [0.3, 0.4) is 0 Å². The van der Waals surface area contributed by atoms with Gasteiger partial charge in [0.1, 0.15) is 5.60 Å². The van der Waals surface area contributed by atoms with Crippen LogP contribution in [-0.4, -0.2) is 30.3 Å². The second kappa shape index (κ2) is 6.29. The first kappa shape index (κ1) is 16.0. The Morgan fingerprint density at radius 1 is 1.35 bits per heavy atom. The number of rotatable bonds is 5. The number of carboxylic acid groups (broad SMARTS) is 1. The highest BCUT2D eigenvalue weighted by Crippen LogP contribution is 2.46. The second-order valence-corrected chi connectivity index (χ2v) is 6.60. The van der Waals surface area contributed by atoms with Crippen LogP contribution in [0.25, 0.3) is 10.1 Å². The van der Waals surface area contributed by atoms with Gasteiger partial charge in [0.2, 0.25) is 0 Å². The van der Waals surface area contributed by atoms with Crippen molar-refractivity contribution in [2.45, 2.75) is 31.8 Å². The Balaban J connectivity index is 2.10. The molecule has 0 bridgehead atoms. The number of carboxylic acids is 1. The van der Waals surface area contributed by atoms with Gasteiger partial charge in [0.15, 0.2) is 0 Å². The summed E-state index contributed by atoms with van der Waals surface area (Å²) < 4.78 is 12.0. The van der Waals surface area contributed by atoms with Crippen molar-refractivity contribution in [1.29, 1.82) is 0 Å². The summed E-state index contributed by atoms with van der Waals surface area (Å²) in [7, 11) is 0. The Morgan fingerprint density at radius 3 is 2.87 bits per heavy atom. The van der Waals surface area contributed by atoms with Crippen LogP contribution >= 0.6 is 11.3 Å². The fourth-order valence-corrected chi connectivity index (χ4v) is 4.54. The fraction of sp³-hybridized carbons (Fsp3) is 0.412. The van der Waals surface area contributed by atoms with Crippen LogP contribution in [0.2, 0.25) is 0 Å². The number of aliphatic carboxylic acids is 1. The third kappa shape index (κ3) is 2.96. The minimum atomic E-state index is -1.13. The first-order chi connectivity index (χ1) is 11.1. The minimum Gasteiger partial charge on any atom is -0.481 e. The van der Waals surface area contributed by atoms with Gasteiger partial charge in [-0.1, -0.05) is 18.2 Å². The molecule has 1 aliphatic rings. The largest absolute Gasteiger partial charge is 0.481 e. The molecular weight excluding hydrogens is 316 g/mol. The molecule has 3 rings (SSSR count). The lowest BCUT2D eigenvalue weighted by Gasteiger charge is -2.35. The van der Waals surface area contributed by atoms with Crippen LogP contribution in [0.5, 0.6) is 0 Å². The summed E-state index contributed by atoms with van der Waals surface area (Å²) in [6, 6.07) is 7.96. The van der Waals surface area contributed by atoms with Crippen molar-refractivity contribution in [3.63, 3.8) is 0 Å². The lowest BCUT2D eigenvalue weighted by molar-refractivity contribution is -0.159. The molecule has 0 saturated heterocycles. The average Bonchev–Trinajstić information content (AvgIpc) is 2.87. The van der Waals surface area contributed by atoms with Crippen molar-refractivity contribution in [1.82, 2.24) is 0 Å². The van der Waals surface area contributed by atoms with E-state index in [0.717, 1.165) is 26.9 Å². The molecule has 2 heterocycles. The van der Waals surface area contributed by atoms with Gasteiger partial charge in [-0.3, -0.25) is 9.59 Å². The second-order valence-electron chi connectivity index (χ2n) is 5.55. The summed E-state index contributed by atoms with van der Waals surface area (Å²) in [5.41, 5.74) is -0.0302. The molecule has 1 aromatic carbocycles. The minimum absolute atomic E-state index is 0.0764. The highest BCUT2D eigenvalue weighted by Gasteiger charge is 2.44. The predicted octanol–water partition coefficient (Wildman–Crippen LogP) is 3.10. The number of fused-ring (bicyclic) bond motifs is 3. The predicted molar refractivity (Wildman–Crippen MR) is 86.7 cm³/mol. The van der Waals surface area contributed by atoms with Gasteiger partial charge in [0.25, 0.3) is 0 Å². The van der Waals surface area contributed by atoms with Crippen molar-refractivity contribution in [3.05, 3.63) is 34.7 Å². The van der Waals surface area contributed by atoms with Gasteiger partial charge in [0, 0.05) is 9.58 Å². The van der Waals surface area contributed by atoms with Crippen LogP contribution in [-0.2, 0) is 31.1 Å². The van der Waals surface area contributed by atoms with Gasteiger partial charge >= 0.3 is 11.9 Å². The van der Waals surface area contributed by atoms with E-state index in [-0.39, 0.29) is 19.4 Å². The molecule has 0 radical (unpaired) electrons. The van der Waals surface area contributed by atoms with E-state index in [1.807, 2.05) is 24.3 Å². The molecule has 6 heteroatoms. The molecule has 1 aromatic heterocycles. The number of hydrogen-bond acceptors (Lipinski definition) is 5. The van der Waals surface area contributed by atoms with E-state index in [4.69, 9.17) is 9.47 Å². The maximum absolute atomic E-state index is 12.0. The molecule has 1 aliphatic heterocycles. The summed E-state index contributed by atoms with van der Waals surface area (Å²) >= 11 is 1.51. The quantitative estimate of drug-likeness (QED) is 0.851. The van der Waals surface area contributed by atoms with Crippen molar-refractivity contribution >= 4 is 33.4 Å². The average molecular weight is 334 g/mol. The van der Waals surface area contributed by atoms with Crippen LogP contribution in [0.15, 0.2) is 24.3 Å². The van der Waals surface area contributed by atoms with Crippen LogP contribution < -0.4 is 0 Å². The fourth-order valence-electron chi connectivity index (χ4n) is 3.14. The van der Waals surface area contributed by atoms with E-state index in [9.17, 15) is 14.7 Å². The highest BCUT2D eigenvalue weighted by atomic mass is 32.1. The normalized spacial score (nSPS) is 20.2. The van der Waals surface area contributed by atoms with Crippen molar-refractivity contribution < 1.29 is 24.2 Å². The summed E-state index contributed by atoms with van der Waals surface area (Å²) in [6.07, 6.45) is 0.405. The topological polar surface area (TPSA) is 72.8 Å². The zero-order chi connectivity index (χ0) is 16.4. The molecule has 23 heavy (non-hydrogen) atoms. The van der Waals surface area contributed by atoms with Crippen molar-refractivity contribution in [2.24, 2.45) is 0 Å². The molecule has 0 saturated carbocycles. The molecule has 1 N–H and O–H groups in total. The van der Waals surface area contributed by atoms with E-state index in [2.05, 4.69) is 0 Å². The first-order valence-corrected chi connectivity index (χ1v) is 8.39. The smallest absolute Gasteiger partial charge is 0.309 e. The Kier molecular flexibility index (Phi) is 4.37. The number of benzene rings is 1. The van der Waals surface area contributed by atoms with E-state index in [1.165, 1.54) is 11.3 Å². The summed E-state index contributed by atoms with van der Waals surface area (Å²) in [5, 5.41) is 10.5. The maximum Gasteiger partial charge on any atom is 0.309 e. The van der Waals surface area contributed by atoms with Gasteiger partial charge in [-0.05, 0) is 30.4 Å².